The number of benzene rings is 1. The van der Waals surface area contributed by atoms with Gasteiger partial charge in [-0.05, 0) is 44.4 Å². The standard InChI is InChI=1S/C18H25NO5/c1-3-22-16-11-14(12-18(21)23-4-2)7-8-15(16)24-13-17(20)19-9-5-6-10-19/h7-8,11H,3-6,9-10,12-13H2,1-2H3. The van der Waals surface area contributed by atoms with Crippen molar-refractivity contribution in [2.24, 2.45) is 0 Å². The van der Waals surface area contributed by atoms with E-state index in [9.17, 15) is 9.59 Å². The highest BCUT2D eigenvalue weighted by Gasteiger charge is 2.19. The van der Waals surface area contributed by atoms with E-state index < -0.39 is 0 Å². The summed E-state index contributed by atoms with van der Waals surface area (Å²) in [6.07, 6.45) is 2.29. The molecule has 0 N–H and O–H groups in total. The van der Waals surface area contributed by atoms with E-state index in [0.29, 0.717) is 24.7 Å². The average molecular weight is 335 g/mol. The van der Waals surface area contributed by atoms with Crippen molar-refractivity contribution < 1.29 is 23.8 Å². The summed E-state index contributed by atoms with van der Waals surface area (Å²) < 4.78 is 16.2. The third kappa shape index (κ3) is 5.15. The minimum absolute atomic E-state index is 0.00268. The van der Waals surface area contributed by atoms with Gasteiger partial charge in [0.2, 0.25) is 0 Å². The van der Waals surface area contributed by atoms with Crippen molar-refractivity contribution in [3.05, 3.63) is 23.8 Å². The van der Waals surface area contributed by atoms with Crippen LogP contribution in [0.25, 0.3) is 0 Å². The fourth-order valence-corrected chi connectivity index (χ4v) is 2.63. The number of ether oxygens (including phenoxy) is 3. The van der Waals surface area contributed by atoms with Crippen molar-refractivity contribution in [2.45, 2.75) is 33.1 Å². The molecule has 0 aromatic heterocycles. The molecule has 24 heavy (non-hydrogen) atoms. The van der Waals surface area contributed by atoms with Gasteiger partial charge in [-0.1, -0.05) is 6.07 Å². The molecule has 6 nitrogen and oxygen atoms in total. The highest BCUT2D eigenvalue weighted by atomic mass is 16.5. The maximum absolute atomic E-state index is 12.1. The number of esters is 1. The molecular formula is C18H25NO5. The molecule has 1 aromatic rings. The lowest BCUT2D eigenvalue weighted by molar-refractivity contribution is -0.142. The predicted molar refractivity (Wildman–Crippen MR) is 89.3 cm³/mol. The summed E-state index contributed by atoms with van der Waals surface area (Å²) in [5, 5.41) is 0. The SMILES string of the molecule is CCOC(=O)Cc1ccc(OCC(=O)N2CCCC2)c(OCC)c1. The summed E-state index contributed by atoms with van der Waals surface area (Å²) in [6.45, 7) is 6.08. The van der Waals surface area contributed by atoms with E-state index in [0.717, 1.165) is 31.5 Å². The van der Waals surface area contributed by atoms with Crippen molar-refractivity contribution in [3.63, 3.8) is 0 Å². The van der Waals surface area contributed by atoms with E-state index in [2.05, 4.69) is 0 Å². The van der Waals surface area contributed by atoms with Crippen LogP contribution in [0.5, 0.6) is 11.5 Å². The predicted octanol–water partition coefficient (Wildman–Crippen LogP) is 2.19. The van der Waals surface area contributed by atoms with Gasteiger partial charge in [0.05, 0.1) is 19.6 Å². The molecule has 1 fully saturated rings. The van der Waals surface area contributed by atoms with Crippen LogP contribution >= 0.6 is 0 Å². The summed E-state index contributed by atoms with van der Waals surface area (Å²) in [4.78, 5) is 25.5. The summed E-state index contributed by atoms with van der Waals surface area (Å²) in [5.74, 6) is 0.758. The second-order valence-electron chi connectivity index (χ2n) is 5.57. The second-order valence-corrected chi connectivity index (χ2v) is 5.57. The number of nitrogens with zero attached hydrogens (tertiary/aromatic N) is 1. The van der Waals surface area contributed by atoms with Crippen molar-refractivity contribution in [3.8, 4) is 11.5 Å². The normalized spacial score (nSPS) is 13.7. The molecule has 132 valence electrons. The number of rotatable bonds is 8. The zero-order valence-corrected chi connectivity index (χ0v) is 14.4. The molecule has 1 heterocycles. The minimum Gasteiger partial charge on any atom is -0.490 e. The van der Waals surface area contributed by atoms with Crippen LogP contribution in [-0.2, 0) is 20.7 Å². The summed E-state index contributed by atoms with van der Waals surface area (Å²) in [6, 6.07) is 5.28. The Kier molecular flexibility index (Phi) is 6.90. The Labute approximate surface area is 142 Å². The molecule has 0 bridgehead atoms. The number of carbonyl (C=O) groups excluding carboxylic acids is 2. The van der Waals surface area contributed by atoms with Crippen LogP contribution in [0.15, 0.2) is 18.2 Å². The molecule has 1 aliphatic rings. The summed E-state index contributed by atoms with van der Waals surface area (Å²) in [5.41, 5.74) is 0.787. The van der Waals surface area contributed by atoms with Crippen molar-refractivity contribution in [2.75, 3.05) is 32.9 Å². The zero-order chi connectivity index (χ0) is 17.4. The minimum atomic E-state index is -0.280. The van der Waals surface area contributed by atoms with Crippen LogP contribution in [0.4, 0.5) is 0 Å². The van der Waals surface area contributed by atoms with Crippen LogP contribution in [0.2, 0.25) is 0 Å². The monoisotopic (exact) mass is 335 g/mol. The third-order valence-electron chi connectivity index (χ3n) is 3.77. The lowest BCUT2D eigenvalue weighted by atomic mass is 10.1. The van der Waals surface area contributed by atoms with E-state index >= 15 is 0 Å². The smallest absolute Gasteiger partial charge is 0.310 e. The van der Waals surface area contributed by atoms with Gasteiger partial charge in [-0.2, -0.15) is 0 Å². The molecule has 0 unspecified atom stereocenters. The molecule has 0 atom stereocenters. The van der Waals surface area contributed by atoms with Crippen molar-refractivity contribution in [1.29, 1.82) is 0 Å². The molecule has 0 saturated carbocycles. The van der Waals surface area contributed by atoms with Crippen LogP contribution in [0.1, 0.15) is 32.3 Å². The highest BCUT2D eigenvalue weighted by Crippen LogP contribution is 2.29. The van der Waals surface area contributed by atoms with E-state index in [1.165, 1.54) is 0 Å². The quantitative estimate of drug-likeness (QED) is 0.682. The average Bonchev–Trinajstić information content (AvgIpc) is 3.09. The van der Waals surface area contributed by atoms with Gasteiger partial charge in [0.15, 0.2) is 18.1 Å². The van der Waals surface area contributed by atoms with Gasteiger partial charge < -0.3 is 19.1 Å². The van der Waals surface area contributed by atoms with E-state index in [4.69, 9.17) is 14.2 Å². The Morgan fingerprint density at radius 3 is 2.46 bits per heavy atom. The van der Waals surface area contributed by atoms with Crippen molar-refractivity contribution >= 4 is 11.9 Å². The van der Waals surface area contributed by atoms with Crippen molar-refractivity contribution in [1.82, 2.24) is 4.90 Å². The fraction of sp³-hybridized carbons (Fsp3) is 0.556. The lowest BCUT2D eigenvalue weighted by Gasteiger charge is -2.17. The molecule has 0 radical (unpaired) electrons. The highest BCUT2D eigenvalue weighted by molar-refractivity contribution is 5.78. The van der Waals surface area contributed by atoms with Gasteiger partial charge in [-0.3, -0.25) is 9.59 Å². The van der Waals surface area contributed by atoms with Gasteiger partial charge in [-0.15, -0.1) is 0 Å². The molecule has 1 aliphatic heterocycles. The summed E-state index contributed by atoms with van der Waals surface area (Å²) >= 11 is 0. The third-order valence-corrected chi connectivity index (χ3v) is 3.77. The first kappa shape index (κ1) is 18.1. The number of hydrogen-bond acceptors (Lipinski definition) is 5. The van der Waals surface area contributed by atoms with Gasteiger partial charge in [0.1, 0.15) is 0 Å². The van der Waals surface area contributed by atoms with Crippen LogP contribution < -0.4 is 9.47 Å². The number of likely N-dealkylation sites (tertiary alicyclic amines) is 1. The topological polar surface area (TPSA) is 65.1 Å². The first-order valence-electron chi connectivity index (χ1n) is 8.46. The number of hydrogen-bond donors (Lipinski definition) is 0. The second kappa shape index (κ2) is 9.15. The van der Waals surface area contributed by atoms with Gasteiger partial charge in [0, 0.05) is 13.1 Å². The maximum Gasteiger partial charge on any atom is 0.310 e. The Morgan fingerprint density at radius 1 is 1.04 bits per heavy atom. The molecular weight excluding hydrogens is 310 g/mol. The Hall–Kier alpha value is -2.24. The lowest BCUT2D eigenvalue weighted by Crippen LogP contribution is -2.32. The maximum atomic E-state index is 12.1. The number of amides is 1. The summed E-state index contributed by atoms with van der Waals surface area (Å²) in [7, 11) is 0. The Bertz CT molecular complexity index is 567. The first-order chi connectivity index (χ1) is 11.6. The molecule has 1 saturated heterocycles. The first-order valence-corrected chi connectivity index (χ1v) is 8.46. The Balaban J connectivity index is 1.99. The molecule has 6 heteroatoms. The van der Waals surface area contributed by atoms with Crippen LogP contribution in [0, 0.1) is 0 Å². The van der Waals surface area contributed by atoms with Gasteiger partial charge in [-0.25, -0.2) is 0 Å². The van der Waals surface area contributed by atoms with Crippen LogP contribution in [-0.4, -0.2) is 49.7 Å². The zero-order valence-electron chi connectivity index (χ0n) is 14.4. The molecule has 1 aromatic carbocycles. The molecule has 0 aliphatic carbocycles. The van der Waals surface area contributed by atoms with Gasteiger partial charge >= 0.3 is 5.97 Å². The van der Waals surface area contributed by atoms with E-state index in [1.807, 2.05) is 11.8 Å². The molecule has 1 amide bonds. The number of carbonyl (C=O) groups is 2. The van der Waals surface area contributed by atoms with E-state index in [1.54, 1.807) is 25.1 Å². The fourth-order valence-electron chi connectivity index (χ4n) is 2.63. The van der Waals surface area contributed by atoms with E-state index in [-0.39, 0.29) is 24.9 Å². The van der Waals surface area contributed by atoms with Gasteiger partial charge in [0.25, 0.3) is 5.91 Å². The molecule has 2 rings (SSSR count). The largest absolute Gasteiger partial charge is 0.490 e. The Morgan fingerprint density at radius 2 is 1.79 bits per heavy atom. The molecule has 0 spiro atoms. The van der Waals surface area contributed by atoms with Crippen LogP contribution in [0.3, 0.4) is 0 Å².